The highest BCUT2D eigenvalue weighted by Crippen LogP contribution is 2.71. The summed E-state index contributed by atoms with van der Waals surface area (Å²) in [5.41, 5.74) is 0.843. The molecule has 4 heterocycles. The third kappa shape index (κ3) is 6.17. The highest BCUT2D eigenvalue weighted by atomic mass is 16.8. The maximum absolute atomic E-state index is 12.0. The lowest BCUT2D eigenvalue weighted by Gasteiger charge is -2.60. The minimum atomic E-state index is -1.53. The quantitative estimate of drug-likeness (QED) is 0.204. The first-order valence-corrected chi connectivity index (χ1v) is 20.7. The highest BCUT2D eigenvalue weighted by Gasteiger charge is 2.69. The second-order valence-corrected chi connectivity index (χ2v) is 18.9. The Bertz CT molecular complexity index is 1430. The number of ether oxygens (including phenoxy) is 7. The van der Waals surface area contributed by atoms with Gasteiger partial charge in [-0.2, -0.15) is 0 Å². The van der Waals surface area contributed by atoms with E-state index in [1.54, 1.807) is 13.8 Å². The Morgan fingerprint density at radius 3 is 2.15 bits per heavy atom. The fourth-order valence-corrected chi connectivity index (χ4v) is 12.9. The van der Waals surface area contributed by atoms with Gasteiger partial charge in [-0.25, -0.2) is 0 Å². The van der Waals surface area contributed by atoms with Gasteiger partial charge in [-0.3, -0.25) is 4.79 Å². The smallest absolute Gasteiger partial charge is 0.303 e. The van der Waals surface area contributed by atoms with Crippen molar-refractivity contribution in [3.8, 4) is 0 Å². The van der Waals surface area contributed by atoms with Gasteiger partial charge in [-0.05, 0) is 87.4 Å². The van der Waals surface area contributed by atoms with Crippen LogP contribution in [0.2, 0.25) is 0 Å². The van der Waals surface area contributed by atoms with Gasteiger partial charge in [0.2, 0.25) is 0 Å². The molecule has 5 N–H and O–H groups in total. The van der Waals surface area contributed by atoms with Crippen LogP contribution in [0.4, 0.5) is 0 Å². The van der Waals surface area contributed by atoms with Crippen LogP contribution in [0.1, 0.15) is 99.8 Å². The topological polar surface area (TPSA) is 183 Å². The molecule has 0 unspecified atom stereocenters. The lowest BCUT2D eigenvalue weighted by Crippen LogP contribution is -2.65. The fourth-order valence-electron chi connectivity index (χ4n) is 12.9. The van der Waals surface area contributed by atoms with Crippen molar-refractivity contribution < 1.29 is 63.5 Å². The maximum Gasteiger partial charge on any atom is 0.303 e. The van der Waals surface area contributed by atoms with E-state index in [-0.39, 0.29) is 17.4 Å². The molecule has 4 saturated heterocycles. The number of carbonyl (C=O) groups excluding carboxylic acids is 1. The van der Waals surface area contributed by atoms with E-state index in [9.17, 15) is 30.3 Å². The standard InChI is InChI=1S/C41H64O13/c1-18-10-13-41(48-17-18)19(2)30-28(54-41)16-27-25-9-8-23-14-24(43)15-29(40(23,7)26(25)11-12-39(27,30)6)52-37-36(34(47)32(45)20(3)49-37)53-38-35(51-22(5)42)33(46)31(44)21(4)50-38/h8,18-21,24-38,43-47H,9-17H2,1-7H3/t18-,19-,20+,21-,24+,25+,26-,27-,28-,29+,30-,31-,32-,33+,34-,35+,36+,37-,38-,39-,40-,41+/m0/s1. The number of aliphatic hydroxyl groups excluding tert-OH is 5. The van der Waals surface area contributed by atoms with Crippen molar-refractivity contribution in [2.24, 2.45) is 46.3 Å². The van der Waals surface area contributed by atoms with E-state index >= 15 is 0 Å². The molecule has 0 amide bonds. The van der Waals surface area contributed by atoms with Gasteiger partial charge in [0.1, 0.15) is 30.5 Å². The molecule has 0 aromatic rings. The van der Waals surface area contributed by atoms with Crippen molar-refractivity contribution >= 4 is 5.97 Å². The van der Waals surface area contributed by atoms with Crippen LogP contribution in [0.5, 0.6) is 0 Å². The summed E-state index contributed by atoms with van der Waals surface area (Å²) in [4.78, 5) is 12.0. The van der Waals surface area contributed by atoms with E-state index in [1.807, 2.05) is 0 Å². The zero-order valence-corrected chi connectivity index (χ0v) is 32.9. The van der Waals surface area contributed by atoms with Crippen LogP contribution in [0.3, 0.4) is 0 Å². The predicted octanol–water partition coefficient (Wildman–Crippen LogP) is 2.96. The minimum absolute atomic E-state index is 0.113. The van der Waals surface area contributed by atoms with Crippen LogP contribution in [0.25, 0.3) is 0 Å². The molecule has 54 heavy (non-hydrogen) atoms. The molecule has 3 saturated carbocycles. The van der Waals surface area contributed by atoms with E-state index in [0.29, 0.717) is 42.4 Å². The van der Waals surface area contributed by atoms with Gasteiger partial charge in [0.15, 0.2) is 24.5 Å². The number of hydrogen-bond acceptors (Lipinski definition) is 13. The first-order valence-electron chi connectivity index (χ1n) is 20.7. The highest BCUT2D eigenvalue weighted by molar-refractivity contribution is 5.66. The molecule has 1 spiro atoms. The third-order valence-electron chi connectivity index (χ3n) is 15.9. The van der Waals surface area contributed by atoms with Crippen molar-refractivity contribution in [3.05, 3.63) is 11.6 Å². The Morgan fingerprint density at radius 2 is 1.50 bits per heavy atom. The molecular weight excluding hydrogens is 700 g/mol. The van der Waals surface area contributed by atoms with Gasteiger partial charge in [0, 0.05) is 31.1 Å². The minimum Gasteiger partial charge on any atom is -0.454 e. The number of esters is 1. The molecular formula is C41H64O13. The van der Waals surface area contributed by atoms with E-state index in [0.717, 1.165) is 45.1 Å². The number of fused-ring (bicyclic) bond motifs is 7. The summed E-state index contributed by atoms with van der Waals surface area (Å²) in [6.07, 6.45) is -4.45. The van der Waals surface area contributed by atoms with Crippen molar-refractivity contribution in [1.82, 2.24) is 0 Å². The molecule has 0 radical (unpaired) electrons. The SMILES string of the molecule is CC(=O)O[C@H]1[C@H](O[C@H]2[C@H](O[C@@H]3C[C@H](O)CC4=CC[C@H]5[C@@H]6C[C@@H]7O[C@]8(CC[C@H](C)CO8)[C@@H](C)[C@@H]7[C@@]6(C)CC[C@@H]5[C@]43C)O[C@H](C)[C@H](O)[C@@H]2O)O[C@@H](C)[C@H](O)[C@H]1O. The van der Waals surface area contributed by atoms with Crippen LogP contribution >= 0.6 is 0 Å². The zero-order chi connectivity index (χ0) is 38.6. The zero-order valence-electron chi connectivity index (χ0n) is 32.9. The summed E-state index contributed by atoms with van der Waals surface area (Å²) in [6.45, 7) is 14.5. The monoisotopic (exact) mass is 764 g/mol. The number of carbonyl (C=O) groups is 1. The summed E-state index contributed by atoms with van der Waals surface area (Å²) < 4.78 is 44.2. The molecule has 0 aromatic carbocycles. The average Bonchev–Trinajstić information content (AvgIpc) is 3.57. The number of rotatable bonds is 5. The van der Waals surface area contributed by atoms with Gasteiger partial charge in [-0.1, -0.05) is 39.3 Å². The van der Waals surface area contributed by atoms with E-state index in [4.69, 9.17) is 33.2 Å². The first-order chi connectivity index (χ1) is 25.5. The van der Waals surface area contributed by atoms with E-state index in [2.05, 4.69) is 33.8 Å². The van der Waals surface area contributed by atoms with E-state index in [1.165, 1.54) is 12.5 Å². The Morgan fingerprint density at radius 1 is 0.833 bits per heavy atom. The molecule has 7 fully saturated rings. The molecule has 22 atom stereocenters. The number of allylic oxidation sites excluding steroid dienone is 1. The van der Waals surface area contributed by atoms with Crippen molar-refractivity contribution in [2.75, 3.05) is 6.61 Å². The molecule has 8 aliphatic rings. The van der Waals surface area contributed by atoms with E-state index < -0.39 is 90.8 Å². The molecule has 13 nitrogen and oxygen atoms in total. The van der Waals surface area contributed by atoms with Gasteiger partial charge in [-0.15, -0.1) is 0 Å². The van der Waals surface area contributed by atoms with Crippen LogP contribution in [-0.2, 0) is 38.0 Å². The molecule has 8 rings (SSSR count). The normalized spacial score (nSPS) is 57.0. The second-order valence-electron chi connectivity index (χ2n) is 18.9. The molecule has 4 aliphatic carbocycles. The molecule has 4 aliphatic heterocycles. The maximum atomic E-state index is 12.0. The van der Waals surface area contributed by atoms with Crippen LogP contribution < -0.4 is 0 Å². The lowest BCUT2D eigenvalue weighted by molar-refractivity contribution is -0.372. The molecule has 0 aromatic heterocycles. The van der Waals surface area contributed by atoms with Crippen molar-refractivity contribution in [1.29, 1.82) is 0 Å². The third-order valence-corrected chi connectivity index (χ3v) is 15.9. The van der Waals surface area contributed by atoms with Gasteiger partial charge in [0.05, 0.1) is 37.1 Å². The first kappa shape index (κ1) is 39.6. The van der Waals surface area contributed by atoms with Crippen LogP contribution in [0, 0.1) is 46.3 Å². The number of hydrogen-bond donors (Lipinski definition) is 5. The predicted molar refractivity (Wildman–Crippen MR) is 191 cm³/mol. The Labute approximate surface area is 319 Å². The Hall–Kier alpha value is -1.23. The van der Waals surface area contributed by atoms with Crippen LogP contribution in [-0.4, -0.2) is 124 Å². The molecule has 13 heteroatoms. The average molecular weight is 765 g/mol. The Balaban J connectivity index is 1.06. The largest absolute Gasteiger partial charge is 0.454 e. The Kier molecular flexibility index (Phi) is 10.4. The summed E-state index contributed by atoms with van der Waals surface area (Å²) in [5.74, 6) is 1.23. The molecule has 306 valence electrons. The van der Waals surface area contributed by atoms with Crippen molar-refractivity contribution in [2.45, 2.75) is 185 Å². The van der Waals surface area contributed by atoms with Crippen molar-refractivity contribution in [3.63, 3.8) is 0 Å². The fraction of sp³-hybridized carbons (Fsp3) is 0.927. The van der Waals surface area contributed by atoms with Gasteiger partial charge in [0.25, 0.3) is 0 Å². The molecule has 0 bridgehead atoms. The number of aliphatic hydroxyl groups is 5. The second kappa shape index (κ2) is 14.2. The van der Waals surface area contributed by atoms with Gasteiger partial charge >= 0.3 is 5.97 Å². The lowest BCUT2D eigenvalue weighted by atomic mass is 9.46. The van der Waals surface area contributed by atoms with Crippen LogP contribution in [0.15, 0.2) is 11.6 Å². The van der Waals surface area contributed by atoms with Gasteiger partial charge < -0.3 is 58.7 Å². The summed E-state index contributed by atoms with van der Waals surface area (Å²) in [6, 6.07) is 0. The summed E-state index contributed by atoms with van der Waals surface area (Å²) in [7, 11) is 0. The summed E-state index contributed by atoms with van der Waals surface area (Å²) >= 11 is 0. The summed E-state index contributed by atoms with van der Waals surface area (Å²) in [5, 5.41) is 55.1.